The average molecular weight is 282 g/mol. The Morgan fingerprint density at radius 2 is 1.70 bits per heavy atom. The van der Waals surface area contributed by atoms with E-state index >= 15 is 0 Å². The number of amides is 2. The van der Waals surface area contributed by atoms with Gasteiger partial charge in [-0.1, -0.05) is 19.3 Å². The van der Waals surface area contributed by atoms with Crippen molar-refractivity contribution in [2.24, 2.45) is 5.92 Å². The monoisotopic (exact) mass is 282 g/mol. The second kappa shape index (κ2) is 6.95. The van der Waals surface area contributed by atoms with Gasteiger partial charge in [0.05, 0.1) is 0 Å². The molecule has 5 nitrogen and oxygen atoms in total. The molecule has 114 valence electrons. The molecule has 1 aliphatic carbocycles. The van der Waals surface area contributed by atoms with Crippen LogP contribution < -0.4 is 0 Å². The molecule has 0 aromatic carbocycles. The van der Waals surface area contributed by atoms with Crippen LogP contribution >= 0.6 is 0 Å². The van der Waals surface area contributed by atoms with E-state index in [2.05, 4.69) is 0 Å². The van der Waals surface area contributed by atoms with Gasteiger partial charge < -0.3 is 14.9 Å². The predicted octanol–water partition coefficient (Wildman–Crippen LogP) is 2.56. The van der Waals surface area contributed by atoms with Crippen molar-refractivity contribution in [2.75, 3.05) is 20.1 Å². The molecule has 0 atom stereocenters. The third kappa shape index (κ3) is 3.87. The van der Waals surface area contributed by atoms with Crippen molar-refractivity contribution < 1.29 is 14.7 Å². The largest absolute Gasteiger partial charge is 0.481 e. The Labute approximate surface area is 120 Å². The number of hydrogen-bond donors (Lipinski definition) is 1. The van der Waals surface area contributed by atoms with E-state index in [4.69, 9.17) is 5.11 Å². The summed E-state index contributed by atoms with van der Waals surface area (Å²) in [5.41, 5.74) is 0. The van der Waals surface area contributed by atoms with E-state index < -0.39 is 5.97 Å². The first-order chi connectivity index (χ1) is 9.58. The van der Waals surface area contributed by atoms with Crippen molar-refractivity contribution in [3.63, 3.8) is 0 Å². The first kappa shape index (κ1) is 15.1. The van der Waals surface area contributed by atoms with Gasteiger partial charge in [-0.25, -0.2) is 4.79 Å². The summed E-state index contributed by atoms with van der Waals surface area (Å²) >= 11 is 0. The maximum atomic E-state index is 12.5. The van der Waals surface area contributed by atoms with Crippen molar-refractivity contribution in [3.05, 3.63) is 0 Å². The SMILES string of the molecule is CN(C(=O)N1CCC(CC(=O)O)CC1)C1CCCCC1. The Hall–Kier alpha value is -1.26. The minimum atomic E-state index is -0.728. The zero-order valence-corrected chi connectivity index (χ0v) is 12.4. The van der Waals surface area contributed by atoms with Gasteiger partial charge in [-0.15, -0.1) is 0 Å². The van der Waals surface area contributed by atoms with Crippen LogP contribution in [0.3, 0.4) is 0 Å². The second-order valence-corrected chi connectivity index (χ2v) is 6.21. The minimum absolute atomic E-state index is 0.130. The highest BCUT2D eigenvalue weighted by molar-refractivity contribution is 5.74. The van der Waals surface area contributed by atoms with Crippen molar-refractivity contribution in [1.29, 1.82) is 0 Å². The Morgan fingerprint density at radius 3 is 2.25 bits per heavy atom. The van der Waals surface area contributed by atoms with Gasteiger partial charge in [0.25, 0.3) is 0 Å². The molecular formula is C15H26N2O3. The van der Waals surface area contributed by atoms with Gasteiger partial charge in [-0.05, 0) is 31.6 Å². The van der Waals surface area contributed by atoms with Crippen LogP contribution in [-0.4, -0.2) is 53.1 Å². The molecule has 2 rings (SSSR count). The Kier molecular flexibility index (Phi) is 5.26. The van der Waals surface area contributed by atoms with E-state index in [1.807, 2.05) is 16.8 Å². The van der Waals surface area contributed by atoms with Gasteiger partial charge in [0, 0.05) is 32.6 Å². The number of aliphatic carboxylic acids is 1. The van der Waals surface area contributed by atoms with Gasteiger partial charge in [0.15, 0.2) is 0 Å². The van der Waals surface area contributed by atoms with E-state index in [-0.39, 0.29) is 18.4 Å². The molecule has 0 spiro atoms. The first-order valence-electron chi connectivity index (χ1n) is 7.81. The minimum Gasteiger partial charge on any atom is -0.481 e. The summed E-state index contributed by atoms with van der Waals surface area (Å²) in [5, 5.41) is 8.81. The number of urea groups is 1. The maximum Gasteiger partial charge on any atom is 0.319 e. The number of carbonyl (C=O) groups excluding carboxylic acids is 1. The fourth-order valence-electron chi connectivity index (χ4n) is 3.42. The van der Waals surface area contributed by atoms with Crippen LogP contribution in [-0.2, 0) is 4.79 Å². The third-order valence-corrected chi connectivity index (χ3v) is 4.77. The molecule has 1 N–H and O–H groups in total. The molecule has 2 fully saturated rings. The van der Waals surface area contributed by atoms with Crippen LogP contribution in [0.1, 0.15) is 51.4 Å². The van der Waals surface area contributed by atoms with E-state index in [0.717, 1.165) is 25.7 Å². The molecule has 0 aromatic rings. The fourth-order valence-corrected chi connectivity index (χ4v) is 3.42. The highest BCUT2D eigenvalue weighted by atomic mass is 16.4. The Morgan fingerprint density at radius 1 is 1.10 bits per heavy atom. The lowest BCUT2D eigenvalue weighted by molar-refractivity contribution is -0.138. The number of rotatable bonds is 3. The van der Waals surface area contributed by atoms with Gasteiger partial charge >= 0.3 is 12.0 Å². The molecule has 1 aliphatic heterocycles. The smallest absolute Gasteiger partial charge is 0.319 e. The summed E-state index contributed by atoms with van der Waals surface area (Å²) in [5.74, 6) is -0.495. The van der Waals surface area contributed by atoms with Crippen LogP contribution in [0.4, 0.5) is 4.79 Å². The molecule has 0 aromatic heterocycles. The zero-order valence-electron chi connectivity index (χ0n) is 12.4. The Balaban J connectivity index is 1.80. The van der Waals surface area contributed by atoms with Crippen LogP contribution in [0, 0.1) is 5.92 Å². The number of piperidine rings is 1. The lowest BCUT2D eigenvalue weighted by atomic mass is 9.93. The molecule has 0 bridgehead atoms. The van der Waals surface area contributed by atoms with Crippen molar-refractivity contribution in [2.45, 2.75) is 57.4 Å². The number of nitrogens with zero attached hydrogens (tertiary/aromatic N) is 2. The quantitative estimate of drug-likeness (QED) is 0.865. The maximum absolute atomic E-state index is 12.5. The van der Waals surface area contributed by atoms with Gasteiger partial charge in [0.1, 0.15) is 0 Å². The van der Waals surface area contributed by atoms with Crippen LogP contribution in [0.2, 0.25) is 0 Å². The van der Waals surface area contributed by atoms with E-state index in [1.54, 1.807) is 0 Å². The van der Waals surface area contributed by atoms with Crippen molar-refractivity contribution >= 4 is 12.0 Å². The van der Waals surface area contributed by atoms with E-state index in [0.29, 0.717) is 19.1 Å². The lowest BCUT2D eigenvalue weighted by Gasteiger charge is -2.38. The summed E-state index contributed by atoms with van der Waals surface area (Å²) in [6.45, 7) is 1.40. The first-order valence-corrected chi connectivity index (χ1v) is 7.81. The number of hydrogen-bond acceptors (Lipinski definition) is 2. The molecule has 2 aliphatic rings. The number of carboxylic acid groups (broad SMARTS) is 1. The highest BCUT2D eigenvalue weighted by Gasteiger charge is 2.29. The summed E-state index contributed by atoms with van der Waals surface area (Å²) in [6.07, 6.45) is 7.86. The topological polar surface area (TPSA) is 60.9 Å². The fraction of sp³-hybridized carbons (Fsp3) is 0.867. The van der Waals surface area contributed by atoms with Crippen molar-refractivity contribution in [1.82, 2.24) is 9.80 Å². The van der Waals surface area contributed by atoms with Gasteiger partial charge in [-0.2, -0.15) is 0 Å². The number of likely N-dealkylation sites (tertiary alicyclic amines) is 1. The van der Waals surface area contributed by atoms with Crippen LogP contribution in [0.15, 0.2) is 0 Å². The molecular weight excluding hydrogens is 256 g/mol. The molecule has 20 heavy (non-hydrogen) atoms. The van der Waals surface area contributed by atoms with E-state index in [9.17, 15) is 9.59 Å². The second-order valence-electron chi connectivity index (χ2n) is 6.21. The summed E-state index contributed by atoms with van der Waals surface area (Å²) in [6, 6.07) is 0.527. The Bertz CT molecular complexity index is 345. The summed E-state index contributed by atoms with van der Waals surface area (Å²) < 4.78 is 0. The van der Waals surface area contributed by atoms with Gasteiger partial charge in [-0.3, -0.25) is 4.79 Å². The van der Waals surface area contributed by atoms with Crippen molar-refractivity contribution in [3.8, 4) is 0 Å². The van der Waals surface area contributed by atoms with Crippen LogP contribution in [0.25, 0.3) is 0 Å². The summed E-state index contributed by atoms with van der Waals surface area (Å²) in [7, 11) is 1.92. The number of carbonyl (C=O) groups is 2. The molecule has 1 saturated heterocycles. The molecule has 5 heteroatoms. The third-order valence-electron chi connectivity index (χ3n) is 4.77. The normalized spacial score (nSPS) is 21.8. The molecule has 0 radical (unpaired) electrons. The predicted molar refractivity (Wildman–Crippen MR) is 76.6 cm³/mol. The molecule has 1 saturated carbocycles. The average Bonchev–Trinajstić information content (AvgIpc) is 2.47. The summed E-state index contributed by atoms with van der Waals surface area (Å²) in [4.78, 5) is 27.0. The molecule has 0 unspecified atom stereocenters. The highest BCUT2D eigenvalue weighted by Crippen LogP contribution is 2.25. The molecule has 2 amide bonds. The lowest BCUT2D eigenvalue weighted by Crippen LogP contribution is -2.49. The van der Waals surface area contributed by atoms with Gasteiger partial charge in [0.2, 0.25) is 0 Å². The van der Waals surface area contributed by atoms with Crippen LogP contribution in [0.5, 0.6) is 0 Å². The number of carboxylic acids is 1. The zero-order chi connectivity index (χ0) is 14.5. The molecule has 1 heterocycles. The van der Waals surface area contributed by atoms with E-state index in [1.165, 1.54) is 19.3 Å². The standard InChI is InChI=1S/C15H26N2O3/c1-16(13-5-3-2-4-6-13)15(20)17-9-7-12(8-10-17)11-14(18)19/h12-13H,2-11H2,1H3,(H,18,19).